The Hall–Kier alpha value is -1.01. The van der Waals surface area contributed by atoms with E-state index in [1.807, 2.05) is 37.3 Å². The van der Waals surface area contributed by atoms with E-state index >= 15 is 0 Å². The Balaban J connectivity index is 1.70. The van der Waals surface area contributed by atoms with Gasteiger partial charge in [-0.3, -0.25) is 9.48 Å². The zero-order valence-corrected chi connectivity index (χ0v) is 14.0. The SMILES string of the molecule is Cc1cc(SCCCCC(C)(NC2CC2)C(N)=O)n(C)n1. The topological polar surface area (TPSA) is 72.9 Å². The predicted octanol–water partition coefficient (Wildman–Crippen LogP) is 1.99. The van der Waals surface area contributed by atoms with Crippen molar-refractivity contribution < 1.29 is 4.79 Å². The van der Waals surface area contributed by atoms with Crippen LogP contribution in [0.4, 0.5) is 0 Å². The number of unbranched alkanes of at least 4 members (excludes halogenated alkanes) is 1. The molecule has 3 N–H and O–H groups in total. The van der Waals surface area contributed by atoms with Crippen molar-refractivity contribution in [2.45, 2.75) is 62.6 Å². The van der Waals surface area contributed by atoms with Crippen LogP contribution in [0.15, 0.2) is 11.1 Å². The van der Waals surface area contributed by atoms with Gasteiger partial charge < -0.3 is 11.1 Å². The first-order valence-corrected chi connectivity index (χ1v) is 8.60. The highest BCUT2D eigenvalue weighted by Gasteiger charge is 2.36. The summed E-state index contributed by atoms with van der Waals surface area (Å²) in [5.74, 6) is 0.807. The minimum absolute atomic E-state index is 0.232. The molecule has 0 aromatic carbocycles. The van der Waals surface area contributed by atoms with Gasteiger partial charge in [-0.25, -0.2) is 0 Å². The maximum absolute atomic E-state index is 11.7. The lowest BCUT2D eigenvalue weighted by Gasteiger charge is -2.27. The Morgan fingerprint density at radius 3 is 2.81 bits per heavy atom. The normalized spacial score (nSPS) is 17.7. The maximum Gasteiger partial charge on any atom is 0.237 e. The fourth-order valence-corrected chi connectivity index (χ4v) is 3.46. The molecule has 1 aliphatic rings. The van der Waals surface area contributed by atoms with Crippen molar-refractivity contribution in [3.63, 3.8) is 0 Å². The Morgan fingerprint density at radius 2 is 2.29 bits per heavy atom. The lowest BCUT2D eigenvalue weighted by molar-refractivity contribution is -0.124. The van der Waals surface area contributed by atoms with E-state index in [4.69, 9.17) is 5.73 Å². The van der Waals surface area contributed by atoms with E-state index in [9.17, 15) is 4.79 Å². The Labute approximate surface area is 131 Å². The molecule has 5 nitrogen and oxygen atoms in total. The molecule has 21 heavy (non-hydrogen) atoms. The molecule has 2 rings (SSSR count). The number of hydrogen-bond acceptors (Lipinski definition) is 4. The summed E-state index contributed by atoms with van der Waals surface area (Å²) in [6, 6.07) is 2.60. The van der Waals surface area contributed by atoms with Crippen molar-refractivity contribution in [1.82, 2.24) is 15.1 Å². The van der Waals surface area contributed by atoms with Gasteiger partial charge in [0, 0.05) is 13.1 Å². The summed E-state index contributed by atoms with van der Waals surface area (Å²) in [6.07, 6.45) is 5.22. The van der Waals surface area contributed by atoms with Gasteiger partial charge in [-0.05, 0) is 51.3 Å². The highest BCUT2D eigenvalue weighted by atomic mass is 32.2. The van der Waals surface area contributed by atoms with Crippen LogP contribution in [0.2, 0.25) is 0 Å². The second-order valence-electron chi connectivity index (χ2n) is 6.17. The van der Waals surface area contributed by atoms with Crippen LogP contribution >= 0.6 is 11.8 Å². The summed E-state index contributed by atoms with van der Waals surface area (Å²) >= 11 is 1.82. The van der Waals surface area contributed by atoms with Gasteiger partial charge in [-0.15, -0.1) is 11.8 Å². The van der Waals surface area contributed by atoms with Gasteiger partial charge in [0.05, 0.1) is 16.3 Å². The molecule has 1 fully saturated rings. The number of nitrogens with one attached hydrogen (secondary N) is 1. The van der Waals surface area contributed by atoms with Crippen LogP contribution in [0, 0.1) is 6.92 Å². The van der Waals surface area contributed by atoms with Crippen molar-refractivity contribution in [2.75, 3.05) is 5.75 Å². The molecule has 0 bridgehead atoms. The monoisotopic (exact) mass is 310 g/mol. The summed E-state index contributed by atoms with van der Waals surface area (Å²) in [5.41, 5.74) is 6.06. The first-order valence-electron chi connectivity index (χ1n) is 7.62. The number of nitrogens with zero attached hydrogens (tertiary/aromatic N) is 2. The number of carbonyl (C=O) groups excluding carboxylic acids is 1. The van der Waals surface area contributed by atoms with Crippen molar-refractivity contribution in [1.29, 1.82) is 0 Å². The van der Waals surface area contributed by atoms with Gasteiger partial charge in [-0.2, -0.15) is 5.10 Å². The van der Waals surface area contributed by atoms with E-state index in [1.165, 1.54) is 17.9 Å². The molecule has 1 heterocycles. The zero-order chi connectivity index (χ0) is 15.5. The number of aromatic nitrogens is 2. The third-order valence-electron chi connectivity index (χ3n) is 3.92. The average molecular weight is 310 g/mol. The quantitative estimate of drug-likeness (QED) is 0.540. The van der Waals surface area contributed by atoms with Crippen molar-refractivity contribution in [2.24, 2.45) is 12.8 Å². The molecular weight excluding hydrogens is 284 g/mol. The first-order chi connectivity index (χ1) is 9.90. The lowest BCUT2D eigenvalue weighted by atomic mass is 9.94. The second kappa shape index (κ2) is 6.83. The fraction of sp³-hybridized carbons (Fsp3) is 0.733. The molecule has 0 radical (unpaired) electrons. The van der Waals surface area contributed by atoms with E-state index in [1.54, 1.807) is 0 Å². The van der Waals surface area contributed by atoms with Crippen LogP contribution in [0.5, 0.6) is 0 Å². The number of primary amides is 1. The number of carbonyl (C=O) groups is 1. The van der Waals surface area contributed by atoms with E-state index in [0.717, 1.165) is 30.7 Å². The van der Waals surface area contributed by atoms with Crippen molar-refractivity contribution in [3.8, 4) is 0 Å². The number of rotatable bonds is 9. The molecule has 118 valence electrons. The smallest absolute Gasteiger partial charge is 0.237 e. The third-order valence-corrected chi connectivity index (χ3v) is 5.09. The van der Waals surface area contributed by atoms with Gasteiger partial charge in [0.25, 0.3) is 0 Å². The molecule has 1 atom stereocenters. The van der Waals surface area contributed by atoms with Gasteiger partial charge in [0.2, 0.25) is 5.91 Å². The van der Waals surface area contributed by atoms with Crippen LogP contribution in [0.1, 0.15) is 44.7 Å². The van der Waals surface area contributed by atoms with Gasteiger partial charge in [0.1, 0.15) is 0 Å². The Bertz CT molecular complexity index is 498. The zero-order valence-electron chi connectivity index (χ0n) is 13.2. The molecule has 1 aliphatic carbocycles. The summed E-state index contributed by atoms with van der Waals surface area (Å²) in [4.78, 5) is 11.7. The van der Waals surface area contributed by atoms with Crippen LogP contribution in [-0.2, 0) is 11.8 Å². The number of hydrogen-bond donors (Lipinski definition) is 2. The van der Waals surface area contributed by atoms with Crippen LogP contribution < -0.4 is 11.1 Å². The van der Waals surface area contributed by atoms with Crippen LogP contribution in [0.3, 0.4) is 0 Å². The van der Waals surface area contributed by atoms with Gasteiger partial charge >= 0.3 is 0 Å². The third kappa shape index (κ3) is 4.74. The van der Waals surface area contributed by atoms with E-state index in [2.05, 4.69) is 16.5 Å². The summed E-state index contributed by atoms with van der Waals surface area (Å²) in [5, 5.41) is 8.92. The Morgan fingerprint density at radius 1 is 1.57 bits per heavy atom. The molecule has 0 aliphatic heterocycles. The second-order valence-corrected chi connectivity index (χ2v) is 7.28. The molecule has 6 heteroatoms. The van der Waals surface area contributed by atoms with Crippen molar-refractivity contribution in [3.05, 3.63) is 11.8 Å². The minimum Gasteiger partial charge on any atom is -0.368 e. The summed E-state index contributed by atoms with van der Waals surface area (Å²) in [6.45, 7) is 3.94. The minimum atomic E-state index is -0.547. The first kappa shape index (κ1) is 16.4. The van der Waals surface area contributed by atoms with E-state index in [0.29, 0.717) is 6.04 Å². The van der Waals surface area contributed by atoms with Crippen LogP contribution in [-0.4, -0.2) is 33.0 Å². The van der Waals surface area contributed by atoms with Crippen LogP contribution in [0.25, 0.3) is 0 Å². The van der Waals surface area contributed by atoms with Gasteiger partial charge in [-0.1, -0.05) is 6.42 Å². The molecular formula is C15H26N4OS. The summed E-state index contributed by atoms with van der Waals surface area (Å²) < 4.78 is 1.92. The highest BCUT2D eigenvalue weighted by Crippen LogP contribution is 2.26. The molecule has 0 spiro atoms. The largest absolute Gasteiger partial charge is 0.368 e. The van der Waals surface area contributed by atoms with E-state index < -0.39 is 5.54 Å². The highest BCUT2D eigenvalue weighted by molar-refractivity contribution is 7.99. The molecule has 1 saturated carbocycles. The number of nitrogens with two attached hydrogens (primary N) is 1. The molecule has 0 saturated heterocycles. The number of thioether (sulfide) groups is 1. The number of aryl methyl sites for hydroxylation is 2. The number of amides is 1. The van der Waals surface area contributed by atoms with E-state index in [-0.39, 0.29) is 5.91 Å². The Kier molecular flexibility index (Phi) is 5.32. The average Bonchev–Trinajstić information content (AvgIpc) is 3.14. The molecule has 1 amide bonds. The maximum atomic E-state index is 11.7. The van der Waals surface area contributed by atoms with Gasteiger partial charge in [0.15, 0.2) is 0 Å². The predicted molar refractivity (Wildman–Crippen MR) is 86.3 cm³/mol. The molecule has 1 aromatic rings. The molecule has 1 aromatic heterocycles. The standard InChI is InChI=1S/C15H26N4OS/c1-11-10-13(19(3)18-11)21-9-5-4-8-15(2,14(16)20)17-12-6-7-12/h10,12,17H,4-9H2,1-3H3,(H2,16,20). The summed E-state index contributed by atoms with van der Waals surface area (Å²) in [7, 11) is 1.97. The lowest BCUT2D eigenvalue weighted by Crippen LogP contribution is -2.53. The van der Waals surface area contributed by atoms with Crippen molar-refractivity contribution >= 4 is 17.7 Å². The fourth-order valence-electron chi connectivity index (χ4n) is 2.42. The molecule has 1 unspecified atom stereocenters.